The van der Waals surface area contributed by atoms with Gasteiger partial charge in [0.15, 0.2) is 0 Å². The fraction of sp³-hybridized carbons (Fsp3) is 0.381. The molecule has 0 spiro atoms. The van der Waals surface area contributed by atoms with Gasteiger partial charge in [0, 0.05) is 23.5 Å². The smallest absolute Gasteiger partial charge is 0.243 e. The number of fused-ring (bicyclic) bond motifs is 1. The van der Waals surface area contributed by atoms with Gasteiger partial charge in [-0.05, 0) is 83.4 Å². The van der Waals surface area contributed by atoms with E-state index in [-0.39, 0.29) is 11.8 Å². The van der Waals surface area contributed by atoms with E-state index in [1.165, 1.54) is 9.87 Å². The van der Waals surface area contributed by atoms with Crippen molar-refractivity contribution in [3.05, 3.63) is 58.1 Å². The van der Waals surface area contributed by atoms with Crippen molar-refractivity contribution in [1.29, 1.82) is 0 Å². The van der Waals surface area contributed by atoms with Crippen LogP contribution < -0.4 is 5.32 Å². The second-order valence-electron chi connectivity index (χ2n) is 7.43. The molecule has 1 amide bonds. The zero-order valence-corrected chi connectivity index (χ0v) is 17.9. The average molecular weight is 463 g/mol. The topological polar surface area (TPSA) is 66.5 Å². The lowest BCUT2D eigenvalue weighted by Crippen LogP contribution is -2.41. The van der Waals surface area contributed by atoms with Crippen molar-refractivity contribution < 1.29 is 13.2 Å². The number of benzene rings is 2. The summed E-state index contributed by atoms with van der Waals surface area (Å²) in [5, 5.41) is 2.94. The van der Waals surface area contributed by atoms with E-state index in [0.29, 0.717) is 30.8 Å². The Bertz CT molecular complexity index is 998. The number of anilines is 1. The Labute approximate surface area is 174 Å². The maximum Gasteiger partial charge on any atom is 0.243 e. The van der Waals surface area contributed by atoms with Crippen LogP contribution in [0.25, 0.3) is 0 Å². The zero-order chi connectivity index (χ0) is 19.7. The number of carbonyl (C=O) groups excluding carboxylic acids is 1. The first-order chi connectivity index (χ1) is 13.4. The molecule has 0 unspecified atom stereocenters. The summed E-state index contributed by atoms with van der Waals surface area (Å²) in [6, 6.07) is 13.0. The molecule has 2 aromatic rings. The SMILES string of the molecule is O=C(Nc1ccccc1Br)C1CCN(S(=O)(=O)c2ccc3c(c2)CCC3)CC1. The Morgan fingerprint density at radius 3 is 2.50 bits per heavy atom. The van der Waals surface area contributed by atoms with Crippen molar-refractivity contribution in [2.75, 3.05) is 18.4 Å². The summed E-state index contributed by atoms with van der Waals surface area (Å²) in [5.74, 6) is -0.236. The molecule has 1 aliphatic heterocycles. The first-order valence-corrected chi connectivity index (χ1v) is 11.9. The Morgan fingerprint density at radius 2 is 1.75 bits per heavy atom. The average Bonchev–Trinajstić information content (AvgIpc) is 3.17. The number of rotatable bonds is 4. The predicted octanol–water partition coefficient (Wildman–Crippen LogP) is 3.98. The van der Waals surface area contributed by atoms with Crippen LogP contribution in [0.4, 0.5) is 5.69 Å². The lowest BCUT2D eigenvalue weighted by molar-refractivity contribution is -0.120. The Balaban J connectivity index is 1.41. The van der Waals surface area contributed by atoms with Crippen LogP contribution >= 0.6 is 15.9 Å². The molecule has 1 aliphatic carbocycles. The zero-order valence-electron chi connectivity index (χ0n) is 15.5. The van der Waals surface area contributed by atoms with Crippen LogP contribution in [0, 0.1) is 5.92 Å². The van der Waals surface area contributed by atoms with Crippen molar-refractivity contribution in [2.24, 2.45) is 5.92 Å². The largest absolute Gasteiger partial charge is 0.325 e. The molecule has 0 saturated carbocycles. The van der Waals surface area contributed by atoms with Gasteiger partial charge in [0.05, 0.1) is 10.6 Å². The lowest BCUT2D eigenvalue weighted by Gasteiger charge is -2.30. The standard InChI is InChI=1S/C21H23BrN2O3S/c22-19-6-1-2-7-20(19)23-21(25)16-10-12-24(13-11-16)28(26,27)18-9-8-15-4-3-5-17(15)14-18/h1-2,6-9,14,16H,3-5,10-13H2,(H,23,25). The molecule has 4 rings (SSSR count). The van der Waals surface area contributed by atoms with Gasteiger partial charge < -0.3 is 5.32 Å². The van der Waals surface area contributed by atoms with Gasteiger partial charge in [-0.3, -0.25) is 4.79 Å². The molecule has 7 heteroatoms. The summed E-state index contributed by atoms with van der Waals surface area (Å²) in [4.78, 5) is 13.0. The van der Waals surface area contributed by atoms with Crippen molar-refractivity contribution >= 4 is 37.5 Å². The molecule has 148 valence electrons. The summed E-state index contributed by atoms with van der Waals surface area (Å²) in [7, 11) is -3.50. The summed E-state index contributed by atoms with van der Waals surface area (Å²) >= 11 is 3.43. The number of aryl methyl sites for hydroxylation is 2. The molecule has 5 nitrogen and oxygen atoms in total. The Kier molecular flexibility index (Phi) is 5.58. The minimum absolute atomic E-state index is 0.0542. The van der Waals surface area contributed by atoms with E-state index >= 15 is 0 Å². The number of hydrogen-bond acceptors (Lipinski definition) is 3. The molecule has 0 bridgehead atoms. The van der Waals surface area contributed by atoms with Crippen LogP contribution in [-0.4, -0.2) is 31.7 Å². The van der Waals surface area contributed by atoms with Gasteiger partial charge in [0.2, 0.25) is 15.9 Å². The number of amides is 1. The maximum absolute atomic E-state index is 13.0. The molecule has 2 aromatic carbocycles. The minimum Gasteiger partial charge on any atom is -0.325 e. The molecule has 1 saturated heterocycles. The van der Waals surface area contributed by atoms with Gasteiger partial charge >= 0.3 is 0 Å². The van der Waals surface area contributed by atoms with Crippen molar-refractivity contribution in [3.63, 3.8) is 0 Å². The first-order valence-electron chi connectivity index (χ1n) is 9.62. The highest BCUT2D eigenvalue weighted by atomic mass is 79.9. The van der Waals surface area contributed by atoms with E-state index < -0.39 is 10.0 Å². The third-order valence-electron chi connectivity index (χ3n) is 5.66. The summed E-state index contributed by atoms with van der Waals surface area (Å²) < 4.78 is 28.4. The normalized spacial score (nSPS) is 18.0. The summed E-state index contributed by atoms with van der Waals surface area (Å²) in [6.07, 6.45) is 4.14. The van der Waals surface area contributed by atoms with Gasteiger partial charge in [-0.25, -0.2) is 8.42 Å². The van der Waals surface area contributed by atoms with E-state index in [1.807, 2.05) is 36.4 Å². The first kappa shape index (κ1) is 19.6. The Hall–Kier alpha value is -1.70. The van der Waals surface area contributed by atoms with Crippen LogP contribution in [0.1, 0.15) is 30.4 Å². The number of hydrogen-bond donors (Lipinski definition) is 1. The van der Waals surface area contributed by atoms with Crippen molar-refractivity contribution in [3.8, 4) is 0 Å². The molecule has 1 fully saturated rings. The minimum atomic E-state index is -3.50. The van der Waals surface area contributed by atoms with Crippen molar-refractivity contribution in [1.82, 2.24) is 4.31 Å². The number of nitrogens with one attached hydrogen (secondary N) is 1. The van der Waals surface area contributed by atoms with Gasteiger partial charge in [-0.15, -0.1) is 0 Å². The molecule has 28 heavy (non-hydrogen) atoms. The maximum atomic E-state index is 13.0. The second kappa shape index (κ2) is 7.97. The van der Waals surface area contributed by atoms with E-state index in [1.54, 1.807) is 6.07 Å². The van der Waals surface area contributed by atoms with E-state index in [0.717, 1.165) is 35.0 Å². The highest BCUT2D eigenvalue weighted by Crippen LogP contribution is 2.29. The number of sulfonamides is 1. The van der Waals surface area contributed by atoms with E-state index in [9.17, 15) is 13.2 Å². The summed E-state index contributed by atoms with van der Waals surface area (Å²) in [5.41, 5.74) is 3.16. The fourth-order valence-corrected chi connectivity index (χ4v) is 5.92. The number of halogens is 1. The molecule has 0 radical (unpaired) electrons. The van der Waals surface area contributed by atoms with Crippen LogP contribution in [0.15, 0.2) is 51.8 Å². The number of para-hydroxylation sites is 1. The fourth-order valence-electron chi connectivity index (χ4n) is 4.01. The van der Waals surface area contributed by atoms with Gasteiger partial charge in [-0.2, -0.15) is 4.31 Å². The molecule has 0 atom stereocenters. The van der Waals surface area contributed by atoms with Crippen molar-refractivity contribution in [2.45, 2.75) is 37.0 Å². The quantitative estimate of drug-likeness (QED) is 0.746. The second-order valence-corrected chi connectivity index (χ2v) is 10.2. The molecule has 1 N–H and O–H groups in total. The molecular formula is C21H23BrN2O3S. The van der Waals surface area contributed by atoms with Crippen LogP contribution in [0.2, 0.25) is 0 Å². The third kappa shape index (κ3) is 3.88. The number of nitrogens with zero attached hydrogens (tertiary/aromatic N) is 1. The van der Waals surface area contributed by atoms with E-state index in [2.05, 4.69) is 21.2 Å². The highest BCUT2D eigenvalue weighted by molar-refractivity contribution is 9.10. The predicted molar refractivity (Wildman–Crippen MR) is 113 cm³/mol. The number of piperidine rings is 1. The van der Waals surface area contributed by atoms with Gasteiger partial charge in [0.1, 0.15) is 0 Å². The molecule has 1 heterocycles. The molecule has 2 aliphatic rings. The van der Waals surface area contributed by atoms with Gasteiger partial charge in [0.25, 0.3) is 0 Å². The van der Waals surface area contributed by atoms with Gasteiger partial charge in [-0.1, -0.05) is 18.2 Å². The van der Waals surface area contributed by atoms with Crippen LogP contribution in [0.5, 0.6) is 0 Å². The van der Waals surface area contributed by atoms with Crippen LogP contribution in [-0.2, 0) is 27.7 Å². The van der Waals surface area contributed by atoms with E-state index in [4.69, 9.17) is 0 Å². The molecule has 0 aromatic heterocycles. The Morgan fingerprint density at radius 1 is 1.04 bits per heavy atom. The highest BCUT2D eigenvalue weighted by Gasteiger charge is 2.32. The van der Waals surface area contributed by atoms with Crippen LogP contribution in [0.3, 0.4) is 0 Å². The lowest BCUT2D eigenvalue weighted by atomic mass is 9.97. The monoisotopic (exact) mass is 462 g/mol. The third-order valence-corrected chi connectivity index (χ3v) is 8.25. The summed E-state index contributed by atoms with van der Waals surface area (Å²) in [6.45, 7) is 0.737. The number of carbonyl (C=O) groups is 1. The molecular weight excluding hydrogens is 440 g/mol.